The predicted molar refractivity (Wildman–Crippen MR) is 116 cm³/mol. The largest absolute Gasteiger partial charge is 0.496 e. The highest BCUT2D eigenvalue weighted by Gasteiger charge is 2.63. The lowest BCUT2D eigenvalue weighted by molar-refractivity contribution is -0.0727. The Morgan fingerprint density at radius 3 is 2.61 bits per heavy atom. The van der Waals surface area contributed by atoms with Gasteiger partial charge in [-0.2, -0.15) is 0 Å². The van der Waals surface area contributed by atoms with Gasteiger partial charge in [-0.15, -0.1) is 0 Å². The molecule has 2 bridgehead atoms. The van der Waals surface area contributed by atoms with E-state index < -0.39 is 0 Å². The van der Waals surface area contributed by atoms with E-state index in [9.17, 15) is 0 Å². The number of unbranched alkanes of at least 4 members (excludes halogenated alkanes) is 3. The molecule has 28 heavy (non-hydrogen) atoms. The molecular weight excluding hydrogens is 344 g/mol. The van der Waals surface area contributed by atoms with Crippen molar-refractivity contribution in [2.45, 2.75) is 90.6 Å². The van der Waals surface area contributed by atoms with Gasteiger partial charge in [-0.1, -0.05) is 66.9 Å². The summed E-state index contributed by atoms with van der Waals surface area (Å²) in [5.74, 6) is 3.75. The van der Waals surface area contributed by atoms with Crippen molar-refractivity contribution in [1.82, 2.24) is 0 Å². The van der Waals surface area contributed by atoms with Crippen molar-refractivity contribution < 1.29 is 9.47 Å². The van der Waals surface area contributed by atoms with Crippen LogP contribution in [0.25, 0.3) is 0 Å². The van der Waals surface area contributed by atoms with E-state index in [1.165, 1.54) is 55.2 Å². The molecule has 0 saturated heterocycles. The fraction of sp³-hybridized carbons (Fsp3) is 0.692. The van der Waals surface area contributed by atoms with Crippen LogP contribution in [-0.4, -0.2) is 13.2 Å². The Bertz CT molecular complexity index is 773. The van der Waals surface area contributed by atoms with Crippen LogP contribution in [0.3, 0.4) is 0 Å². The minimum absolute atomic E-state index is 0.131. The second-order valence-corrected chi connectivity index (χ2v) is 10.6. The Morgan fingerprint density at radius 1 is 1.21 bits per heavy atom. The molecule has 1 heterocycles. The first-order valence-electron chi connectivity index (χ1n) is 11.3. The Balaban J connectivity index is 1.66. The van der Waals surface area contributed by atoms with Crippen LogP contribution >= 0.6 is 0 Å². The number of benzene rings is 1. The molecule has 4 atom stereocenters. The van der Waals surface area contributed by atoms with Gasteiger partial charge in [0.1, 0.15) is 17.6 Å². The van der Waals surface area contributed by atoms with Crippen molar-refractivity contribution in [2.75, 3.05) is 7.11 Å². The topological polar surface area (TPSA) is 18.5 Å². The number of methoxy groups -OCH3 is 1. The smallest absolute Gasteiger partial charge is 0.127 e. The minimum Gasteiger partial charge on any atom is -0.496 e. The van der Waals surface area contributed by atoms with Crippen LogP contribution < -0.4 is 9.47 Å². The summed E-state index contributed by atoms with van der Waals surface area (Å²) in [6.07, 6.45) is 7.81. The lowest BCUT2D eigenvalue weighted by Crippen LogP contribution is -2.57. The Kier molecular flexibility index (Phi) is 4.83. The average molecular weight is 383 g/mol. The lowest BCUT2D eigenvalue weighted by atomic mass is 9.43. The molecule has 3 aliphatic carbocycles. The van der Waals surface area contributed by atoms with Crippen molar-refractivity contribution in [2.24, 2.45) is 17.3 Å². The normalized spacial score (nSPS) is 29.6. The Morgan fingerprint density at radius 2 is 1.96 bits per heavy atom. The van der Waals surface area contributed by atoms with Crippen molar-refractivity contribution in [3.63, 3.8) is 0 Å². The predicted octanol–water partition coefficient (Wildman–Crippen LogP) is 7.02. The molecule has 1 aromatic carbocycles. The number of hydrogen-bond donors (Lipinski definition) is 0. The van der Waals surface area contributed by atoms with Crippen molar-refractivity contribution in [3.8, 4) is 11.5 Å². The molecule has 154 valence electrons. The molecule has 0 unspecified atom stereocenters. The van der Waals surface area contributed by atoms with Gasteiger partial charge in [-0.05, 0) is 58.8 Å². The van der Waals surface area contributed by atoms with E-state index in [-0.39, 0.29) is 11.5 Å². The lowest BCUT2D eigenvalue weighted by Gasteiger charge is -2.61. The number of rotatable bonds is 7. The van der Waals surface area contributed by atoms with Crippen LogP contribution in [0.15, 0.2) is 24.3 Å². The maximum Gasteiger partial charge on any atom is 0.127 e. The summed E-state index contributed by atoms with van der Waals surface area (Å²) in [6, 6.07) is 4.61. The summed E-state index contributed by atoms with van der Waals surface area (Å²) in [4.78, 5) is 0. The highest BCUT2D eigenvalue weighted by molar-refractivity contribution is 5.58. The van der Waals surface area contributed by atoms with Crippen molar-refractivity contribution in [1.29, 1.82) is 0 Å². The highest BCUT2D eigenvalue weighted by atomic mass is 16.5. The van der Waals surface area contributed by atoms with E-state index in [1.54, 1.807) is 0 Å². The van der Waals surface area contributed by atoms with Crippen LogP contribution in [0.1, 0.15) is 90.2 Å². The van der Waals surface area contributed by atoms with Crippen LogP contribution in [0, 0.1) is 17.3 Å². The van der Waals surface area contributed by atoms with Crippen molar-refractivity contribution >= 4 is 0 Å². The van der Waals surface area contributed by atoms with E-state index in [0.717, 1.165) is 11.5 Å². The first-order valence-corrected chi connectivity index (χ1v) is 11.3. The van der Waals surface area contributed by atoms with E-state index in [2.05, 4.69) is 53.3 Å². The zero-order valence-electron chi connectivity index (χ0n) is 18.7. The monoisotopic (exact) mass is 382 g/mol. The molecule has 4 aliphatic rings. The molecule has 1 aliphatic heterocycles. The summed E-state index contributed by atoms with van der Waals surface area (Å²) in [7, 11) is 1.81. The minimum atomic E-state index is 0.131. The molecular formula is C26H38O2. The molecule has 5 rings (SSSR count). The van der Waals surface area contributed by atoms with Crippen LogP contribution in [0.4, 0.5) is 0 Å². The third-order valence-electron chi connectivity index (χ3n) is 8.26. The summed E-state index contributed by atoms with van der Waals surface area (Å²) >= 11 is 0. The van der Waals surface area contributed by atoms with E-state index in [4.69, 9.17) is 9.47 Å². The van der Waals surface area contributed by atoms with Gasteiger partial charge >= 0.3 is 0 Å². The van der Waals surface area contributed by atoms with Gasteiger partial charge in [-0.3, -0.25) is 0 Å². The summed E-state index contributed by atoms with van der Waals surface area (Å²) in [6.45, 7) is 16.3. The second-order valence-electron chi connectivity index (χ2n) is 10.6. The zero-order chi connectivity index (χ0) is 20.3. The molecule has 0 radical (unpaired) electrons. The maximum atomic E-state index is 6.56. The van der Waals surface area contributed by atoms with Crippen LogP contribution in [0.2, 0.25) is 0 Å². The molecule has 3 saturated carbocycles. The SMILES string of the molecule is C=C1[C@@H]2Oc3cc(C(C)(C)CCCCCC)cc(OC)c3[C@@H]2[C@H]2C[C@@H]1C2(C)C. The molecule has 1 aromatic rings. The molecule has 0 N–H and O–H groups in total. The van der Waals surface area contributed by atoms with Gasteiger partial charge in [0.25, 0.3) is 0 Å². The Labute approximate surface area is 171 Å². The van der Waals surface area contributed by atoms with Gasteiger partial charge in [0.05, 0.1) is 7.11 Å². The van der Waals surface area contributed by atoms with Gasteiger partial charge in [0.2, 0.25) is 0 Å². The number of fused-ring (bicyclic) bond motifs is 1. The second kappa shape index (κ2) is 6.82. The van der Waals surface area contributed by atoms with Crippen LogP contribution in [-0.2, 0) is 5.41 Å². The number of hydrogen-bond acceptors (Lipinski definition) is 2. The number of ether oxygens (including phenoxy) is 2. The fourth-order valence-corrected chi connectivity index (χ4v) is 6.20. The van der Waals surface area contributed by atoms with Crippen LogP contribution in [0.5, 0.6) is 11.5 Å². The van der Waals surface area contributed by atoms with E-state index in [0.29, 0.717) is 23.2 Å². The molecule has 2 nitrogen and oxygen atoms in total. The molecule has 0 aromatic heterocycles. The fourth-order valence-electron chi connectivity index (χ4n) is 6.20. The molecule has 0 amide bonds. The Hall–Kier alpha value is -1.44. The maximum absolute atomic E-state index is 6.56. The summed E-state index contributed by atoms with van der Waals surface area (Å²) in [5, 5.41) is 0. The molecule has 3 fully saturated rings. The third-order valence-corrected chi connectivity index (χ3v) is 8.26. The quantitative estimate of drug-likeness (QED) is 0.372. The molecule has 2 heteroatoms. The van der Waals surface area contributed by atoms with E-state index >= 15 is 0 Å². The molecule has 0 spiro atoms. The van der Waals surface area contributed by atoms with Gasteiger partial charge in [0, 0.05) is 11.5 Å². The first kappa shape index (κ1) is 19.9. The zero-order valence-corrected chi connectivity index (χ0v) is 18.7. The summed E-state index contributed by atoms with van der Waals surface area (Å²) in [5.41, 5.74) is 4.40. The highest BCUT2D eigenvalue weighted by Crippen LogP contribution is 2.69. The van der Waals surface area contributed by atoms with Gasteiger partial charge in [-0.25, -0.2) is 0 Å². The van der Waals surface area contributed by atoms with Crippen molar-refractivity contribution in [3.05, 3.63) is 35.4 Å². The van der Waals surface area contributed by atoms with E-state index in [1.807, 2.05) is 7.11 Å². The first-order chi connectivity index (χ1) is 13.2. The third kappa shape index (κ3) is 2.82. The average Bonchev–Trinajstić information content (AvgIpc) is 3.04. The summed E-state index contributed by atoms with van der Waals surface area (Å²) < 4.78 is 12.5. The van der Waals surface area contributed by atoms with Gasteiger partial charge < -0.3 is 9.47 Å². The standard InChI is InChI=1S/C26H38O2/c1-8-9-10-11-12-25(3,4)17-13-20(27-7)23-21(14-17)28-24-16(2)18-15-19(22(23)24)26(18,5)6/h13-14,18-19,22,24H,2,8-12,15H2,1,3-7H3/t18-,19+,22-,24-/m0/s1. The van der Waals surface area contributed by atoms with Gasteiger partial charge in [0.15, 0.2) is 0 Å².